The second-order valence-electron chi connectivity index (χ2n) is 9.54. The highest BCUT2D eigenvalue weighted by Crippen LogP contribution is 2.42. The van der Waals surface area contributed by atoms with Crippen LogP contribution in [0.1, 0.15) is 54.8 Å². The van der Waals surface area contributed by atoms with Gasteiger partial charge in [-0.15, -0.1) is 0 Å². The zero-order valence-corrected chi connectivity index (χ0v) is 19.6. The molecule has 168 valence electrons. The third-order valence-corrected chi connectivity index (χ3v) is 6.08. The zero-order valence-electron chi connectivity index (χ0n) is 19.6. The highest BCUT2D eigenvalue weighted by Gasteiger charge is 2.47. The highest BCUT2D eigenvalue weighted by atomic mass is 16.3. The van der Waals surface area contributed by atoms with Gasteiger partial charge in [0.25, 0.3) is 11.7 Å². The minimum Gasteiger partial charge on any atom is -0.507 e. The van der Waals surface area contributed by atoms with Crippen LogP contribution in [0.15, 0.2) is 72.4 Å². The minimum atomic E-state index is -0.827. The van der Waals surface area contributed by atoms with Crippen molar-refractivity contribution in [3.63, 3.8) is 0 Å². The van der Waals surface area contributed by atoms with Crippen molar-refractivity contribution in [2.75, 3.05) is 4.90 Å². The number of aliphatic hydroxyl groups is 1. The van der Waals surface area contributed by atoms with E-state index in [-0.39, 0.29) is 16.7 Å². The maximum Gasteiger partial charge on any atom is 0.300 e. The summed E-state index contributed by atoms with van der Waals surface area (Å²) in [6.45, 7) is 10.1. The van der Waals surface area contributed by atoms with Gasteiger partial charge in [0, 0.05) is 17.4 Å². The first kappa shape index (κ1) is 22.5. The molecule has 5 heteroatoms. The van der Waals surface area contributed by atoms with Crippen molar-refractivity contribution in [1.82, 2.24) is 4.98 Å². The first-order valence-electron chi connectivity index (χ1n) is 11.0. The summed E-state index contributed by atoms with van der Waals surface area (Å²) in [6.07, 6.45) is 1.62. The Labute approximate surface area is 194 Å². The molecule has 0 radical (unpaired) electrons. The molecule has 2 heterocycles. The van der Waals surface area contributed by atoms with Crippen LogP contribution in [0.3, 0.4) is 0 Å². The number of hydrogen-bond donors (Lipinski definition) is 1. The molecule has 33 heavy (non-hydrogen) atoms. The molecule has 1 aromatic heterocycles. The quantitative estimate of drug-likeness (QED) is 0.326. The molecular weight excluding hydrogens is 412 g/mol. The predicted octanol–water partition coefficient (Wildman–Crippen LogP) is 5.62. The monoisotopic (exact) mass is 440 g/mol. The number of carbonyl (C=O) groups excluding carboxylic acids is 2. The standard InChI is InChI=1S/C28H28N2O3/c1-17-9-13-20(14-10-17)30-24(22-8-6-7-15-29-22)23(26(32)27(30)33)25(31)21-16-19(28(3,4)5)12-11-18(21)2/h6-16,24,31H,1-5H3/b25-23+. The number of rotatable bonds is 3. The number of nitrogens with zero attached hydrogens (tertiary/aromatic N) is 2. The molecule has 0 aliphatic carbocycles. The van der Waals surface area contributed by atoms with Gasteiger partial charge in [0.1, 0.15) is 11.8 Å². The summed E-state index contributed by atoms with van der Waals surface area (Å²) < 4.78 is 0. The lowest BCUT2D eigenvalue weighted by molar-refractivity contribution is -0.132. The van der Waals surface area contributed by atoms with Crippen molar-refractivity contribution in [2.45, 2.75) is 46.1 Å². The van der Waals surface area contributed by atoms with Crippen LogP contribution in [0.2, 0.25) is 0 Å². The molecule has 1 N–H and O–H groups in total. The maximum atomic E-state index is 13.3. The van der Waals surface area contributed by atoms with Crippen LogP contribution >= 0.6 is 0 Å². The molecule has 0 bridgehead atoms. The Morgan fingerprint density at radius 1 is 0.970 bits per heavy atom. The molecule has 5 nitrogen and oxygen atoms in total. The summed E-state index contributed by atoms with van der Waals surface area (Å²) in [5, 5.41) is 11.5. The van der Waals surface area contributed by atoms with Gasteiger partial charge in [-0.25, -0.2) is 0 Å². The number of pyridine rings is 1. The van der Waals surface area contributed by atoms with E-state index in [1.54, 1.807) is 18.3 Å². The molecule has 0 spiro atoms. The van der Waals surface area contributed by atoms with Crippen LogP contribution in [0, 0.1) is 13.8 Å². The molecule has 0 saturated carbocycles. The topological polar surface area (TPSA) is 70.5 Å². The lowest BCUT2D eigenvalue weighted by Gasteiger charge is -2.25. The molecule has 1 atom stereocenters. The molecule has 1 saturated heterocycles. The fourth-order valence-corrected chi connectivity index (χ4v) is 4.11. The van der Waals surface area contributed by atoms with E-state index in [9.17, 15) is 14.7 Å². The molecule has 2 aromatic carbocycles. The van der Waals surface area contributed by atoms with Crippen molar-refractivity contribution in [3.05, 3.63) is 100 Å². The molecule has 1 unspecified atom stereocenters. The summed E-state index contributed by atoms with van der Waals surface area (Å²) in [5.74, 6) is -1.58. The lowest BCUT2D eigenvalue weighted by Crippen LogP contribution is -2.29. The van der Waals surface area contributed by atoms with Gasteiger partial charge in [-0.1, -0.05) is 56.7 Å². The smallest absolute Gasteiger partial charge is 0.300 e. The van der Waals surface area contributed by atoms with E-state index in [0.29, 0.717) is 16.9 Å². The van der Waals surface area contributed by atoms with Crippen LogP contribution in [0.4, 0.5) is 5.69 Å². The van der Waals surface area contributed by atoms with E-state index >= 15 is 0 Å². The van der Waals surface area contributed by atoms with E-state index in [0.717, 1.165) is 16.7 Å². The number of Topliss-reactive ketones (excluding diaryl/α,β-unsaturated/α-hetero) is 1. The van der Waals surface area contributed by atoms with Crippen LogP contribution in [0.5, 0.6) is 0 Å². The lowest BCUT2D eigenvalue weighted by atomic mass is 9.84. The average molecular weight is 441 g/mol. The normalized spacial score (nSPS) is 18.1. The molecule has 1 aliphatic heterocycles. The molecule has 4 rings (SSSR count). The van der Waals surface area contributed by atoms with Crippen molar-refractivity contribution in [3.8, 4) is 0 Å². The van der Waals surface area contributed by atoms with Gasteiger partial charge in [-0.05, 0) is 60.7 Å². The molecule has 1 fully saturated rings. The Bertz CT molecular complexity index is 1250. The van der Waals surface area contributed by atoms with Gasteiger partial charge in [-0.2, -0.15) is 0 Å². The number of benzene rings is 2. The van der Waals surface area contributed by atoms with E-state index in [1.165, 1.54) is 4.90 Å². The van der Waals surface area contributed by atoms with E-state index in [1.807, 2.05) is 62.4 Å². The summed E-state index contributed by atoms with van der Waals surface area (Å²) in [5.41, 5.74) is 4.44. The van der Waals surface area contributed by atoms with Gasteiger partial charge >= 0.3 is 0 Å². The van der Waals surface area contributed by atoms with E-state index in [2.05, 4.69) is 25.8 Å². The first-order valence-corrected chi connectivity index (χ1v) is 11.0. The average Bonchev–Trinajstić information content (AvgIpc) is 3.05. The number of aromatic nitrogens is 1. The minimum absolute atomic E-state index is 0.0495. The van der Waals surface area contributed by atoms with E-state index in [4.69, 9.17) is 0 Å². The summed E-state index contributed by atoms with van der Waals surface area (Å²) in [7, 11) is 0. The summed E-state index contributed by atoms with van der Waals surface area (Å²) >= 11 is 0. The Balaban J connectivity index is 1.96. The van der Waals surface area contributed by atoms with Crippen LogP contribution in [-0.4, -0.2) is 21.8 Å². The van der Waals surface area contributed by atoms with Gasteiger partial charge in [0.05, 0.1) is 11.3 Å². The Kier molecular flexibility index (Phi) is 5.66. The Hall–Kier alpha value is -3.73. The molecule has 1 amide bonds. The van der Waals surface area contributed by atoms with E-state index < -0.39 is 17.7 Å². The molecule has 1 aliphatic rings. The molecular formula is C28H28N2O3. The van der Waals surface area contributed by atoms with Gasteiger partial charge in [0.15, 0.2) is 0 Å². The van der Waals surface area contributed by atoms with Crippen LogP contribution in [0.25, 0.3) is 5.76 Å². The number of hydrogen-bond acceptors (Lipinski definition) is 4. The SMILES string of the molecule is Cc1ccc(N2C(=O)C(=O)/C(=C(/O)c3cc(C(C)(C)C)ccc3C)C2c2ccccn2)cc1. The Morgan fingerprint density at radius 2 is 1.67 bits per heavy atom. The number of aryl methyl sites for hydroxylation is 2. The van der Waals surface area contributed by atoms with Crippen LogP contribution < -0.4 is 4.90 Å². The second kappa shape index (κ2) is 8.32. The van der Waals surface area contributed by atoms with Gasteiger partial charge < -0.3 is 5.11 Å². The zero-order chi connectivity index (χ0) is 23.9. The largest absolute Gasteiger partial charge is 0.507 e. The number of amides is 1. The van der Waals surface area contributed by atoms with Crippen molar-refractivity contribution in [1.29, 1.82) is 0 Å². The Morgan fingerprint density at radius 3 is 2.27 bits per heavy atom. The summed E-state index contributed by atoms with van der Waals surface area (Å²) in [6, 6.07) is 17.8. The third kappa shape index (κ3) is 4.07. The van der Waals surface area contributed by atoms with Crippen molar-refractivity contribution < 1.29 is 14.7 Å². The first-order chi connectivity index (χ1) is 15.6. The maximum absolute atomic E-state index is 13.3. The van der Waals surface area contributed by atoms with Gasteiger partial charge in [0.2, 0.25) is 0 Å². The predicted molar refractivity (Wildman–Crippen MR) is 130 cm³/mol. The number of aliphatic hydroxyl groups excluding tert-OH is 1. The number of ketones is 1. The molecule has 3 aromatic rings. The number of anilines is 1. The highest BCUT2D eigenvalue weighted by molar-refractivity contribution is 6.51. The third-order valence-electron chi connectivity index (χ3n) is 6.08. The fourth-order valence-electron chi connectivity index (χ4n) is 4.11. The second-order valence-corrected chi connectivity index (χ2v) is 9.54. The number of carbonyl (C=O) groups is 2. The van der Waals surface area contributed by atoms with Gasteiger partial charge in [-0.3, -0.25) is 19.5 Å². The van der Waals surface area contributed by atoms with Crippen molar-refractivity contribution >= 4 is 23.1 Å². The summed E-state index contributed by atoms with van der Waals surface area (Å²) in [4.78, 5) is 32.4. The fraction of sp³-hybridized carbons (Fsp3) is 0.250. The van der Waals surface area contributed by atoms with Crippen molar-refractivity contribution in [2.24, 2.45) is 0 Å². The van der Waals surface area contributed by atoms with Crippen LogP contribution in [-0.2, 0) is 15.0 Å².